The van der Waals surface area contributed by atoms with Crippen molar-refractivity contribution in [2.45, 2.75) is 50.3 Å². The number of hydrogen-bond donors (Lipinski definition) is 0. The van der Waals surface area contributed by atoms with Crippen LogP contribution in [0.2, 0.25) is 0 Å². The third-order valence-corrected chi connectivity index (χ3v) is 5.91. The van der Waals surface area contributed by atoms with Crippen LogP contribution in [0, 0.1) is 0 Å². The highest BCUT2D eigenvalue weighted by atomic mass is 32.2. The number of allylic oxidation sites excluding steroid dienone is 1. The molecule has 2 aromatic carbocycles. The largest absolute Gasteiger partial charge is 0.263 e. The smallest absolute Gasteiger partial charge is 0.0302 e. The first kappa shape index (κ1) is 19.5. The summed E-state index contributed by atoms with van der Waals surface area (Å²) in [6, 6.07) is 16.7. The number of aryl methyl sites for hydroxylation is 1. The molecule has 1 nitrogen and oxygen atoms in total. The van der Waals surface area contributed by atoms with Gasteiger partial charge in [0.1, 0.15) is 0 Å². The number of rotatable bonds is 9. The Kier molecular flexibility index (Phi) is 7.07. The van der Waals surface area contributed by atoms with Crippen molar-refractivity contribution in [3.8, 4) is 11.1 Å². The van der Waals surface area contributed by atoms with Crippen LogP contribution in [0.15, 0.2) is 65.6 Å². The molecule has 2 aromatic rings. The minimum atomic E-state index is -2.14. The molecule has 0 amide bonds. The van der Waals surface area contributed by atoms with Gasteiger partial charge in [0.2, 0.25) is 0 Å². The van der Waals surface area contributed by atoms with Gasteiger partial charge in [0.25, 0.3) is 0 Å². The molecule has 0 aliphatic heterocycles. The summed E-state index contributed by atoms with van der Waals surface area (Å²) in [7, 11) is -2.14. The van der Waals surface area contributed by atoms with Gasteiger partial charge < -0.3 is 0 Å². The minimum absolute atomic E-state index is 0.804. The molecule has 134 valence electrons. The van der Waals surface area contributed by atoms with Gasteiger partial charge in [-0.3, -0.25) is 4.21 Å². The van der Waals surface area contributed by atoms with Crippen LogP contribution < -0.4 is 0 Å². The molecule has 0 N–H and O–H groups in total. The van der Waals surface area contributed by atoms with E-state index in [1.165, 1.54) is 42.4 Å². The van der Waals surface area contributed by atoms with E-state index in [0.717, 1.165) is 23.3 Å². The number of benzene rings is 2. The summed E-state index contributed by atoms with van der Waals surface area (Å²) in [6.45, 7) is 6.24. The lowest BCUT2D eigenvalue weighted by atomic mass is 10.0. The summed E-state index contributed by atoms with van der Waals surface area (Å²) in [5, 5.41) is 0. The average Bonchev–Trinajstić information content (AvgIpc) is 2.61. The van der Waals surface area contributed by atoms with Gasteiger partial charge in [-0.05, 0) is 76.3 Å². The summed E-state index contributed by atoms with van der Waals surface area (Å²) >= 11 is 0. The molecule has 1 unspecified atom stereocenters. The van der Waals surface area contributed by atoms with Crippen molar-refractivity contribution in [2.75, 3.05) is 6.26 Å². The van der Waals surface area contributed by atoms with Crippen molar-refractivity contribution < 1.29 is 4.21 Å². The fraction of sp³-hybridized carbons (Fsp3) is 0.348. The Balaban J connectivity index is 1.88. The zero-order valence-electron chi connectivity index (χ0n) is 15.6. The number of unbranched alkanes of at least 4 members (excludes halogenated alkanes) is 2. The second-order valence-corrected chi connectivity index (χ2v) is 9.37. The normalized spacial score (nSPS) is 13.4. The Morgan fingerprint density at radius 2 is 1.48 bits per heavy atom. The van der Waals surface area contributed by atoms with E-state index in [0.29, 0.717) is 0 Å². The summed E-state index contributed by atoms with van der Waals surface area (Å²) in [4.78, 5) is 0.804. The van der Waals surface area contributed by atoms with Crippen molar-refractivity contribution in [3.05, 3.63) is 66.2 Å². The highest BCUT2D eigenvalue weighted by Crippen LogP contribution is 2.22. The van der Waals surface area contributed by atoms with Gasteiger partial charge in [0.15, 0.2) is 0 Å². The van der Waals surface area contributed by atoms with Crippen LogP contribution in [-0.2, 0) is 15.9 Å². The van der Waals surface area contributed by atoms with E-state index >= 15 is 0 Å². The molecule has 0 saturated carbocycles. The van der Waals surface area contributed by atoms with E-state index in [9.17, 15) is 4.21 Å². The van der Waals surface area contributed by atoms with Gasteiger partial charge >= 0.3 is 0 Å². The van der Waals surface area contributed by atoms with E-state index in [2.05, 4.69) is 43.6 Å². The fourth-order valence-electron chi connectivity index (χ4n) is 2.86. The summed E-state index contributed by atoms with van der Waals surface area (Å²) in [5.41, 5.74) is 5.11. The molecule has 0 heterocycles. The molecule has 2 heteroatoms. The molecule has 0 fully saturated rings. The predicted molar refractivity (Wildman–Crippen MR) is 113 cm³/mol. The van der Waals surface area contributed by atoms with Crippen molar-refractivity contribution in [3.63, 3.8) is 0 Å². The van der Waals surface area contributed by atoms with E-state index < -0.39 is 9.52 Å². The molecule has 0 aliphatic rings. The van der Waals surface area contributed by atoms with Crippen molar-refractivity contribution in [1.29, 1.82) is 0 Å². The molecule has 0 radical (unpaired) electrons. The van der Waals surface area contributed by atoms with Crippen LogP contribution in [0.25, 0.3) is 11.1 Å². The predicted octanol–water partition coefficient (Wildman–Crippen LogP) is 6.13. The third-order valence-electron chi connectivity index (χ3n) is 4.64. The maximum absolute atomic E-state index is 12.0. The first-order chi connectivity index (χ1) is 11.9. The molecular weight excluding hydrogens is 324 g/mol. The number of hydrogen-bond acceptors (Lipinski definition) is 1. The van der Waals surface area contributed by atoms with Gasteiger partial charge in [0, 0.05) is 11.2 Å². The highest BCUT2D eigenvalue weighted by Gasteiger charge is 2.03. The topological polar surface area (TPSA) is 17.1 Å². The molecule has 2 rings (SSSR count). The van der Waals surface area contributed by atoms with Crippen molar-refractivity contribution in [1.82, 2.24) is 0 Å². The molecule has 25 heavy (non-hydrogen) atoms. The van der Waals surface area contributed by atoms with Gasteiger partial charge in [-0.1, -0.05) is 61.9 Å². The summed E-state index contributed by atoms with van der Waals surface area (Å²) in [6.07, 6.45) is 8.84. The lowest BCUT2D eigenvalue weighted by molar-refractivity contribution is 0.669. The average molecular weight is 355 g/mol. The summed E-state index contributed by atoms with van der Waals surface area (Å²) in [5.74, 6) is 3.73. The minimum Gasteiger partial charge on any atom is -0.263 e. The van der Waals surface area contributed by atoms with Crippen LogP contribution in [0.5, 0.6) is 0 Å². The second-order valence-electron chi connectivity index (χ2n) is 6.89. The first-order valence-electron chi connectivity index (χ1n) is 9.08. The maximum Gasteiger partial charge on any atom is 0.0302 e. The van der Waals surface area contributed by atoms with E-state index in [1.54, 1.807) is 6.26 Å². The Morgan fingerprint density at radius 1 is 0.920 bits per heavy atom. The lowest BCUT2D eigenvalue weighted by Crippen LogP contribution is -1.95. The van der Waals surface area contributed by atoms with E-state index in [4.69, 9.17) is 0 Å². The molecule has 0 aliphatic carbocycles. The van der Waals surface area contributed by atoms with Crippen LogP contribution in [0.4, 0.5) is 0 Å². The SMILES string of the molecule is C=C(CC)CCCCCc1ccc(-c2ccc(S(=C)(C)=O)cc2)cc1. The molecular formula is C23H30OS. The van der Waals surface area contributed by atoms with Gasteiger partial charge in [0.05, 0.1) is 0 Å². The zero-order valence-corrected chi connectivity index (χ0v) is 16.4. The van der Waals surface area contributed by atoms with E-state index in [-0.39, 0.29) is 0 Å². The Hall–Kier alpha value is -1.80. The van der Waals surface area contributed by atoms with Crippen molar-refractivity contribution >= 4 is 15.4 Å². The van der Waals surface area contributed by atoms with Crippen LogP contribution >= 0.6 is 0 Å². The summed E-state index contributed by atoms with van der Waals surface area (Å²) < 4.78 is 12.0. The van der Waals surface area contributed by atoms with Gasteiger partial charge in [-0.25, -0.2) is 0 Å². The van der Waals surface area contributed by atoms with Crippen molar-refractivity contribution in [2.24, 2.45) is 0 Å². The molecule has 1 atom stereocenters. The Labute approximate surface area is 153 Å². The standard InChI is InChI=1S/C23H30OS/c1-5-19(2)9-7-6-8-10-20-11-13-21(14-12-20)22-15-17-23(18-16-22)25(3,4)24/h11-18H,2-3,5-10H2,1,4H3. The molecule has 0 bridgehead atoms. The van der Waals surface area contributed by atoms with Gasteiger partial charge in [-0.2, -0.15) is 0 Å². The van der Waals surface area contributed by atoms with Crippen LogP contribution in [-0.4, -0.2) is 16.3 Å². The maximum atomic E-state index is 12.0. The van der Waals surface area contributed by atoms with E-state index in [1.807, 2.05) is 24.3 Å². The molecule has 0 saturated heterocycles. The Morgan fingerprint density at radius 3 is 2.00 bits per heavy atom. The Bertz CT molecular complexity index is 781. The van der Waals surface area contributed by atoms with Crippen LogP contribution in [0.1, 0.15) is 44.6 Å². The molecule has 0 aromatic heterocycles. The zero-order chi connectivity index (χ0) is 18.3. The first-order valence-corrected chi connectivity index (χ1v) is 11.2. The van der Waals surface area contributed by atoms with Gasteiger partial charge in [-0.15, -0.1) is 0 Å². The fourth-order valence-corrected chi connectivity index (χ4v) is 3.57. The van der Waals surface area contributed by atoms with Crippen LogP contribution in [0.3, 0.4) is 0 Å². The highest BCUT2D eigenvalue weighted by molar-refractivity contribution is 7.99. The second kappa shape index (κ2) is 9.05. The third kappa shape index (κ3) is 6.21. The molecule has 0 spiro atoms. The lowest BCUT2D eigenvalue weighted by Gasteiger charge is -2.07. The monoisotopic (exact) mass is 354 g/mol. The quantitative estimate of drug-likeness (QED) is 0.301.